The summed E-state index contributed by atoms with van der Waals surface area (Å²) in [5.41, 5.74) is 1.61. The molecular formula is C22H22N2O5. The van der Waals surface area contributed by atoms with Crippen molar-refractivity contribution in [3.63, 3.8) is 0 Å². The number of para-hydroxylation sites is 1. The van der Waals surface area contributed by atoms with Gasteiger partial charge in [0.05, 0.1) is 17.3 Å². The quantitative estimate of drug-likeness (QED) is 0.548. The number of hydrogen-bond acceptors (Lipinski definition) is 5. The van der Waals surface area contributed by atoms with Crippen LogP contribution in [0.3, 0.4) is 0 Å². The first-order valence-corrected chi connectivity index (χ1v) is 9.46. The van der Waals surface area contributed by atoms with E-state index in [9.17, 15) is 19.2 Å². The molecule has 0 saturated heterocycles. The largest absolute Gasteiger partial charge is 0.454 e. The summed E-state index contributed by atoms with van der Waals surface area (Å²) >= 11 is 0. The molecule has 1 atom stereocenters. The van der Waals surface area contributed by atoms with Crippen LogP contribution in [0, 0.1) is 0 Å². The van der Waals surface area contributed by atoms with Gasteiger partial charge in [-0.2, -0.15) is 0 Å². The highest BCUT2D eigenvalue weighted by molar-refractivity contribution is 6.52. The van der Waals surface area contributed by atoms with Gasteiger partial charge in [-0.25, -0.2) is 0 Å². The van der Waals surface area contributed by atoms with E-state index in [1.165, 1.54) is 6.07 Å². The van der Waals surface area contributed by atoms with E-state index in [0.717, 1.165) is 23.3 Å². The molecule has 7 nitrogen and oxygen atoms in total. The first kappa shape index (κ1) is 20.3. The monoisotopic (exact) mass is 394 g/mol. The Morgan fingerprint density at radius 1 is 1.03 bits per heavy atom. The number of amides is 2. The zero-order valence-electron chi connectivity index (χ0n) is 16.1. The second kappa shape index (κ2) is 9.14. The fourth-order valence-electron chi connectivity index (χ4n) is 3.26. The van der Waals surface area contributed by atoms with Gasteiger partial charge in [0.25, 0.3) is 17.6 Å². The van der Waals surface area contributed by atoms with Gasteiger partial charge in [-0.1, -0.05) is 55.8 Å². The molecule has 0 unspecified atom stereocenters. The molecule has 0 radical (unpaired) electrons. The summed E-state index contributed by atoms with van der Waals surface area (Å²) in [6.45, 7) is 1.14. The van der Waals surface area contributed by atoms with Crippen LogP contribution in [0.2, 0.25) is 0 Å². The van der Waals surface area contributed by atoms with E-state index in [2.05, 4.69) is 5.32 Å². The first-order chi connectivity index (χ1) is 14.0. The Labute approximate surface area is 168 Å². The maximum atomic E-state index is 12.2. The molecule has 0 fully saturated rings. The zero-order chi connectivity index (χ0) is 20.8. The number of carbonyl (C=O) groups excluding carboxylic acids is 4. The van der Waals surface area contributed by atoms with E-state index in [1.54, 1.807) is 18.2 Å². The number of nitrogens with zero attached hydrogens (tertiary/aromatic N) is 1. The number of rotatable bonds is 8. The van der Waals surface area contributed by atoms with Crippen molar-refractivity contribution in [2.45, 2.75) is 25.8 Å². The molecule has 2 amide bonds. The summed E-state index contributed by atoms with van der Waals surface area (Å²) < 4.78 is 5.02. The molecule has 29 heavy (non-hydrogen) atoms. The van der Waals surface area contributed by atoms with Crippen LogP contribution in [0.15, 0.2) is 54.6 Å². The van der Waals surface area contributed by atoms with Crippen molar-refractivity contribution < 1.29 is 23.9 Å². The second-order valence-electron chi connectivity index (χ2n) is 6.72. The molecule has 2 aromatic rings. The number of nitrogens with one attached hydrogen (secondary N) is 1. The normalized spacial score (nSPS) is 13.8. The van der Waals surface area contributed by atoms with Crippen LogP contribution in [-0.4, -0.2) is 36.7 Å². The van der Waals surface area contributed by atoms with Crippen molar-refractivity contribution >= 4 is 29.3 Å². The van der Waals surface area contributed by atoms with Gasteiger partial charge in [0.1, 0.15) is 6.54 Å². The number of ether oxygens (including phenoxy) is 1. The van der Waals surface area contributed by atoms with Crippen molar-refractivity contribution in [2.75, 3.05) is 18.1 Å². The van der Waals surface area contributed by atoms with Crippen LogP contribution in [0.4, 0.5) is 5.69 Å². The van der Waals surface area contributed by atoms with Crippen molar-refractivity contribution in [1.29, 1.82) is 0 Å². The van der Waals surface area contributed by atoms with Crippen LogP contribution in [0.5, 0.6) is 0 Å². The van der Waals surface area contributed by atoms with Gasteiger partial charge in [0, 0.05) is 0 Å². The topological polar surface area (TPSA) is 92.8 Å². The number of ketones is 1. The van der Waals surface area contributed by atoms with Crippen LogP contribution < -0.4 is 10.2 Å². The van der Waals surface area contributed by atoms with Gasteiger partial charge >= 0.3 is 5.97 Å². The Balaban J connectivity index is 1.55. The summed E-state index contributed by atoms with van der Waals surface area (Å²) in [5.74, 6) is -2.62. The molecule has 0 saturated carbocycles. The molecule has 1 heterocycles. The number of carbonyl (C=O) groups is 4. The van der Waals surface area contributed by atoms with Gasteiger partial charge < -0.3 is 10.1 Å². The molecule has 1 N–H and O–H groups in total. The molecule has 7 heteroatoms. The van der Waals surface area contributed by atoms with E-state index in [-0.39, 0.29) is 11.6 Å². The van der Waals surface area contributed by atoms with E-state index in [1.807, 2.05) is 37.3 Å². The fourth-order valence-corrected chi connectivity index (χ4v) is 3.26. The summed E-state index contributed by atoms with van der Waals surface area (Å²) in [7, 11) is 0. The number of Topliss-reactive ketones (excluding diaryl/α,β-unsaturated/α-hetero) is 1. The Hall–Kier alpha value is -3.48. The van der Waals surface area contributed by atoms with E-state index < -0.39 is 36.7 Å². The smallest absolute Gasteiger partial charge is 0.326 e. The highest BCUT2D eigenvalue weighted by Gasteiger charge is 2.36. The predicted octanol–water partition coefficient (Wildman–Crippen LogP) is 2.42. The minimum atomic E-state index is -0.778. The maximum Gasteiger partial charge on any atom is 0.326 e. The lowest BCUT2D eigenvalue weighted by Gasteiger charge is -2.19. The van der Waals surface area contributed by atoms with E-state index >= 15 is 0 Å². The van der Waals surface area contributed by atoms with Crippen LogP contribution in [-0.2, 0) is 19.1 Å². The lowest BCUT2D eigenvalue weighted by molar-refractivity contribution is -0.147. The standard InChI is InChI=1S/C22H22N2O5/c1-2-8-17(15-9-4-3-5-10-15)23-19(25)14-29-20(26)13-24-18-12-7-6-11-16(18)21(27)22(24)28/h3-7,9-12,17H,2,8,13-14H2,1H3,(H,23,25)/t17-/m0/s1. The molecule has 0 spiro atoms. The van der Waals surface area contributed by atoms with Crippen molar-refractivity contribution in [2.24, 2.45) is 0 Å². The molecule has 3 rings (SSSR count). The fraction of sp³-hybridized carbons (Fsp3) is 0.273. The lowest BCUT2D eigenvalue weighted by atomic mass is 10.0. The third kappa shape index (κ3) is 4.68. The van der Waals surface area contributed by atoms with Crippen LogP contribution >= 0.6 is 0 Å². The SMILES string of the molecule is CCC[C@H](NC(=O)COC(=O)CN1C(=O)C(=O)c2ccccc21)c1ccccc1. The number of esters is 1. The Morgan fingerprint density at radius 3 is 2.45 bits per heavy atom. The summed E-state index contributed by atoms with van der Waals surface area (Å²) in [4.78, 5) is 49.5. The highest BCUT2D eigenvalue weighted by atomic mass is 16.5. The first-order valence-electron chi connectivity index (χ1n) is 9.46. The van der Waals surface area contributed by atoms with E-state index in [0.29, 0.717) is 5.69 Å². The lowest BCUT2D eigenvalue weighted by Crippen LogP contribution is -2.37. The summed E-state index contributed by atoms with van der Waals surface area (Å²) in [6.07, 6.45) is 1.63. The maximum absolute atomic E-state index is 12.2. The van der Waals surface area contributed by atoms with Crippen molar-refractivity contribution in [3.8, 4) is 0 Å². The van der Waals surface area contributed by atoms with Gasteiger partial charge in [-0.05, 0) is 24.1 Å². The average molecular weight is 394 g/mol. The number of hydrogen-bond donors (Lipinski definition) is 1. The molecule has 1 aliphatic rings. The molecule has 2 aromatic carbocycles. The molecule has 0 aliphatic carbocycles. The number of fused-ring (bicyclic) bond motifs is 1. The minimum Gasteiger partial charge on any atom is -0.454 e. The average Bonchev–Trinajstić information content (AvgIpc) is 2.98. The summed E-state index contributed by atoms with van der Waals surface area (Å²) in [6, 6.07) is 15.8. The van der Waals surface area contributed by atoms with Gasteiger partial charge in [0.2, 0.25) is 0 Å². The highest BCUT2D eigenvalue weighted by Crippen LogP contribution is 2.28. The zero-order valence-corrected chi connectivity index (χ0v) is 16.1. The molecular weight excluding hydrogens is 372 g/mol. The van der Waals surface area contributed by atoms with Gasteiger partial charge in [-0.3, -0.25) is 24.1 Å². The van der Waals surface area contributed by atoms with Crippen LogP contribution in [0.25, 0.3) is 0 Å². The van der Waals surface area contributed by atoms with Crippen molar-refractivity contribution in [1.82, 2.24) is 5.32 Å². The third-order valence-electron chi connectivity index (χ3n) is 4.64. The molecule has 0 aromatic heterocycles. The Bertz CT molecular complexity index is 926. The molecule has 0 bridgehead atoms. The minimum absolute atomic E-state index is 0.169. The van der Waals surface area contributed by atoms with Crippen LogP contribution in [0.1, 0.15) is 41.7 Å². The number of anilines is 1. The van der Waals surface area contributed by atoms with Crippen molar-refractivity contribution in [3.05, 3.63) is 65.7 Å². The molecule has 1 aliphatic heterocycles. The predicted molar refractivity (Wildman–Crippen MR) is 106 cm³/mol. The Morgan fingerprint density at radius 2 is 1.72 bits per heavy atom. The second-order valence-corrected chi connectivity index (χ2v) is 6.72. The molecule has 150 valence electrons. The van der Waals surface area contributed by atoms with E-state index in [4.69, 9.17) is 4.74 Å². The van der Waals surface area contributed by atoms with Gasteiger partial charge in [-0.15, -0.1) is 0 Å². The Kier molecular flexibility index (Phi) is 6.39. The van der Waals surface area contributed by atoms with Gasteiger partial charge in [0.15, 0.2) is 6.61 Å². The third-order valence-corrected chi connectivity index (χ3v) is 4.64. The summed E-state index contributed by atoms with van der Waals surface area (Å²) in [5, 5.41) is 2.86. The number of benzene rings is 2.